The Kier molecular flexibility index (Phi) is 0.939. The monoisotopic (exact) mass is 154 g/mol. The Morgan fingerprint density at radius 3 is 3.17 bits per heavy atom. The predicted octanol–water partition coefficient (Wildman–Crippen LogP) is 0.787. The maximum atomic E-state index is 4.28. The summed E-state index contributed by atoms with van der Waals surface area (Å²) in [7, 11) is 0. The van der Waals surface area contributed by atoms with Crippen LogP contribution in [0.15, 0.2) is 28.3 Å². The molecule has 0 saturated heterocycles. The van der Waals surface area contributed by atoms with E-state index in [4.69, 9.17) is 0 Å². The zero-order chi connectivity index (χ0) is 7.97. The van der Waals surface area contributed by atoms with E-state index < -0.39 is 0 Å². The van der Waals surface area contributed by atoms with Gasteiger partial charge in [-0.05, 0) is 18.2 Å². The van der Waals surface area contributed by atoms with Crippen LogP contribution in [0.4, 0.5) is 5.69 Å². The highest BCUT2D eigenvalue weighted by Crippen LogP contribution is 2.16. The molecule has 56 valence electrons. The molecule has 0 radical (unpaired) electrons. The molecule has 2 nitrogen and oxygen atoms in total. The lowest BCUT2D eigenvalue weighted by atomic mass is 10.1. The van der Waals surface area contributed by atoms with Crippen molar-refractivity contribution in [2.75, 3.05) is 0 Å². The molecule has 2 heterocycles. The SMILES string of the molecule is C1=Cc2c3c(ccc2=N1)=CC=N3. The number of hydrogen-bond donors (Lipinski definition) is 0. The molecule has 2 aliphatic heterocycles. The molecule has 1 aromatic carbocycles. The maximum absolute atomic E-state index is 4.28. The van der Waals surface area contributed by atoms with Crippen molar-refractivity contribution in [2.24, 2.45) is 9.98 Å². The number of fused-ring (bicyclic) bond motifs is 3. The van der Waals surface area contributed by atoms with E-state index in [-0.39, 0.29) is 0 Å². The smallest absolute Gasteiger partial charge is 0.0797 e. The van der Waals surface area contributed by atoms with Gasteiger partial charge < -0.3 is 0 Å². The van der Waals surface area contributed by atoms with Crippen LogP contribution in [0.25, 0.3) is 12.2 Å². The fraction of sp³-hybridized carbons (Fsp3) is 0. The van der Waals surface area contributed by atoms with Crippen LogP contribution in [-0.4, -0.2) is 6.21 Å². The largest absolute Gasteiger partial charge is 0.256 e. The molecule has 0 aliphatic carbocycles. The van der Waals surface area contributed by atoms with E-state index in [0.717, 1.165) is 16.6 Å². The predicted molar refractivity (Wildman–Crippen MR) is 48.9 cm³/mol. The van der Waals surface area contributed by atoms with Crippen LogP contribution in [0.5, 0.6) is 0 Å². The van der Waals surface area contributed by atoms with Crippen LogP contribution in [0.1, 0.15) is 5.56 Å². The van der Waals surface area contributed by atoms with Crippen LogP contribution in [0.3, 0.4) is 0 Å². The summed E-state index contributed by atoms with van der Waals surface area (Å²) < 4.78 is 0. The fourth-order valence-corrected chi connectivity index (χ4v) is 1.55. The quantitative estimate of drug-likeness (QED) is 0.527. The first-order chi connectivity index (χ1) is 5.95. The molecule has 0 saturated carbocycles. The highest BCUT2D eigenvalue weighted by Gasteiger charge is 2.07. The van der Waals surface area contributed by atoms with Gasteiger partial charge in [0, 0.05) is 23.2 Å². The molecule has 0 unspecified atom stereocenters. The van der Waals surface area contributed by atoms with Crippen molar-refractivity contribution in [3.8, 4) is 0 Å². The second-order valence-corrected chi connectivity index (χ2v) is 2.83. The van der Waals surface area contributed by atoms with Crippen molar-refractivity contribution in [1.29, 1.82) is 0 Å². The van der Waals surface area contributed by atoms with Crippen molar-refractivity contribution in [2.45, 2.75) is 0 Å². The summed E-state index contributed by atoms with van der Waals surface area (Å²) in [6.45, 7) is 0. The average Bonchev–Trinajstić information content (AvgIpc) is 2.71. The molecule has 0 atom stereocenters. The summed E-state index contributed by atoms with van der Waals surface area (Å²) in [6.07, 6.45) is 7.67. The molecule has 0 amide bonds. The Morgan fingerprint density at radius 1 is 1.17 bits per heavy atom. The van der Waals surface area contributed by atoms with Crippen molar-refractivity contribution in [3.63, 3.8) is 0 Å². The number of hydrogen-bond acceptors (Lipinski definition) is 2. The molecule has 12 heavy (non-hydrogen) atoms. The number of rotatable bonds is 0. The Morgan fingerprint density at radius 2 is 2.17 bits per heavy atom. The van der Waals surface area contributed by atoms with Crippen molar-refractivity contribution in [3.05, 3.63) is 34.5 Å². The first-order valence-corrected chi connectivity index (χ1v) is 3.87. The van der Waals surface area contributed by atoms with Gasteiger partial charge in [0.25, 0.3) is 0 Å². The molecule has 1 aromatic rings. The molecule has 3 rings (SSSR count). The molecular weight excluding hydrogens is 148 g/mol. The standard InChI is InChI=1S/C10H6N2/c1-2-9-8(4-6-11-9)10-7(1)3-5-12-10/h1-6H. The molecule has 0 fully saturated rings. The fourth-order valence-electron chi connectivity index (χ4n) is 1.55. The molecule has 2 heteroatoms. The second-order valence-electron chi connectivity index (χ2n) is 2.83. The molecular formula is C10H6N2. The van der Waals surface area contributed by atoms with E-state index >= 15 is 0 Å². The Bertz CT molecular complexity index is 473. The van der Waals surface area contributed by atoms with Gasteiger partial charge in [0.1, 0.15) is 0 Å². The Balaban J connectivity index is 2.57. The van der Waals surface area contributed by atoms with E-state index in [1.807, 2.05) is 30.6 Å². The van der Waals surface area contributed by atoms with Gasteiger partial charge in [0.05, 0.1) is 11.0 Å². The number of nitrogens with zero attached hydrogens (tertiary/aromatic N) is 2. The first kappa shape index (κ1) is 5.89. The van der Waals surface area contributed by atoms with Crippen molar-refractivity contribution in [1.82, 2.24) is 0 Å². The average molecular weight is 154 g/mol. The highest BCUT2D eigenvalue weighted by atomic mass is 14.8. The van der Waals surface area contributed by atoms with Gasteiger partial charge in [-0.3, -0.25) is 9.98 Å². The second kappa shape index (κ2) is 1.91. The van der Waals surface area contributed by atoms with Gasteiger partial charge in [0.2, 0.25) is 0 Å². The van der Waals surface area contributed by atoms with Crippen molar-refractivity contribution < 1.29 is 0 Å². The van der Waals surface area contributed by atoms with Crippen LogP contribution >= 0.6 is 0 Å². The Hall–Kier alpha value is -1.70. The lowest BCUT2D eigenvalue weighted by Crippen LogP contribution is -2.09. The lowest BCUT2D eigenvalue weighted by molar-refractivity contribution is 1.36. The summed E-state index contributed by atoms with van der Waals surface area (Å²) in [5, 5.41) is 2.22. The van der Waals surface area contributed by atoms with Crippen LogP contribution < -0.4 is 10.6 Å². The third-order valence-electron chi connectivity index (χ3n) is 2.14. The molecule has 2 aliphatic rings. The van der Waals surface area contributed by atoms with Crippen LogP contribution in [0, 0.1) is 0 Å². The maximum Gasteiger partial charge on any atom is 0.0797 e. The minimum atomic E-state index is 1.03. The third kappa shape index (κ3) is 0.593. The molecule has 0 aromatic heterocycles. The van der Waals surface area contributed by atoms with E-state index in [0.29, 0.717) is 0 Å². The molecule has 0 spiro atoms. The van der Waals surface area contributed by atoms with Crippen molar-refractivity contribution >= 4 is 24.1 Å². The normalized spacial score (nSPS) is 15.3. The lowest BCUT2D eigenvalue weighted by Gasteiger charge is -1.94. The highest BCUT2D eigenvalue weighted by molar-refractivity contribution is 5.98. The molecule has 0 N–H and O–H groups in total. The molecule has 0 bridgehead atoms. The van der Waals surface area contributed by atoms with E-state index in [1.54, 1.807) is 0 Å². The zero-order valence-electron chi connectivity index (χ0n) is 6.36. The summed E-state index contributed by atoms with van der Waals surface area (Å²) in [4.78, 5) is 8.49. The van der Waals surface area contributed by atoms with Gasteiger partial charge in [-0.15, -0.1) is 0 Å². The summed E-state index contributed by atoms with van der Waals surface area (Å²) in [5.74, 6) is 0. The summed E-state index contributed by atoms with van der Waals surface area (Å²) in [6, 6.07) is 4.08. The van der Waals surface area contributed by atoms with Gasteiger partial charge in [-0.2, -0.15) is 0 Å². The van der Waals surface area contributed by atoms with Gasteiger partial charge >= 0.3 is 0 Å². The minimum Gasteiger partial charge on any atom is -0.256 e. The van der Waals surface area contributed by atoms with E-state index in [1.165, 1.54) is 5.22 Å². The first-order valence-electron chi connectivity index (χ1n) is 3.87. The van der Waals surface area contributed by atoms with Crippen LogP contribution in [0.2, 0.25) is 0 Å². The van der Waals surface area contributed by atoms with E-state index in [2.05, 4.69) is 16.1 Å². The number of aliphatic imine (C=N–C) groups is 1. The topological polar surface area (TPSA) is 24.7 Å². The third-order valence-corrected chi connectivity index (χ3v) is 2.14. The zero-order valence-corrected chi connectivity index (χ0v) is 6.36. The number of benzene rings is 1. The van der Waals surface area contributed by atoms with E-state index in [9.17, 15) is 0 Å². The minimum absolute atomic E-state index is 1.03. The Labute approximate surface area is 69.3 Å². The summed E-state index contributed by atoms with van der Waals surface area (Å²) >= 11 is 0. The van der Waals surface area contributed by atoms with Gasteiger partial charge in [-0.1, -0.05) is 6.07 Å². The van der Waals surface area contributed by atoms with Gasteiger partial charge in [0.15, 0.2) is 0 Å². The summed E-state index contributed by atoms with van der Waals surface area (Å²) in [5.41, 5.74) is 2.21. The van der Waals surface area contributed by atoms with Gasteiger partial charge in [-0.25, -0.2) is 0 Å². The van der Waals surface area contributed by atoms with Crippen LogP contribution in [-0.2, 0) is 0 Å².